The summed E-state index contributed by atoms with van der Waals surface area (Å²) in [6.45, 7) is 7.87. The van der Waals surface area contributed by atoms with Crippen LogP contribution in [0.3, 0.4) is 0 Å². The molecule has 0 saturated carbocycles. The molecule has 0 aliphatic carbocycles. The number of nitrogens with one attached hydrogen (secondary N) is 2. The lowest BCUT2D eigenvalue weighted by Crippen LogP contribution is -2.30. The summed E-state index contributed by atoms with van der Waals surface area (Å²) in [7, 11) is 0. The van der Waals surface area contributed by atoms with Gasteiger partial charge in [0.15, 0.2) is 5.13 Å². The van der Waals surface area contributed by atoms with Crippen molar-refractivity contribution in [1.82, 2.24) is 15.2 Å². The Labute approximate surface area is 158 Å². The number of hydrogen-bond donors (Lipinski definition) is 2. The second-order valence-corrected chi connectivity index (χ2v) is 6.74. The summed E-state index contributed by atoms with van der Waals surface area (Å²) < 4.78 is 0. The molecule has 2 N–H and O–H groups in total. The number of nitrogens with zero attached hydrogens (tertiary/aromatic N) is 2. The van der Waals surface area contributed by atoms with Gasteiger partial charge in [0.25, 0.3) is 5.91 Å². The van der Waals surface area contributed by atoms with E-state index in [0.717, 1.165) is 31.6 Å². The molecule has 1 aromatic heterocycles. The van der Waals surface area contributed by atoms with Crippen molar-refractivity contribution in [2.75, 3.05) is 31.5 Å². The van der Waals surface area contributed by atoms with Crippen LogP contribution in [0.15, 0.2) is 35.7 Å². The molecule has 1 heterocycles. The number of hydrogen-bond acceptors (Lipinski definition) is 5. The van der Waals surface area contributed by atoms with Crippen molar-refractivity contribution in [3.05, 3.63) is 47.0 Å². The smallest absolute Gasteiger partial charge is 0.270 e. The van der Waals surface area contributed by atoms with Crippen LogP contribution in [0.4, 0.5) is 5.13 Å². The summed E-state index contributed by atoms with van der Waals surface area (Å²) in [6, 6.07) is 9.51. The number of anilines is 1. The maximum Gasteiger partial charge on any atom is 0.270 e. The fourth-order valence-corrected chi connectivity index (χ4v) is 3.22. The topological polar surface area (TPSA) is 74.3 Å². The van der Waals surface area contributed by atoms with Crippen molar-refractivity contribution in [1.29, 1.82) is 0 Å². The monoisotopic (exact) mass is 374 g/mol. The van der Waals surface area contributed by atoms with Gasteiger partial charge in [-0.05, 0) is 31.6 Å². The van der Waals surface area contributed by atoms with Gasteiger partial charge in [-0.2, -0.15) is 0 Å². The quantitative estimate of drug-likeness (QED) is 0.627. The van der Waals surface area contributed by atoms with E-state index in [-0.39, 0.29) is 18.2 Å². The molecular formula is C19H26N4O2S. The van der Waals surface area contributed by atoms with Crippen molar-refractivity contribution in [2.45, 2.75) is 26.7 Å². The fourth-order valence-electron chi connectivity index (χ4n) is 2.52. The molecular weight excluding hydrogens is 348 g/mol. The molecule has 0 fully saturated rings. The van der Waals surface area contributed by atoms with E-state index in [0.29, 0.717) is 17.4 Å². The minimum atomic E-state index is -0.204. The molecule has 6 nitrogen and oxygen atoms in total. The second-order valence-electron chi connectivity index (χ2n) is 5.88. The third-order valence-corrected chi connectivity index (χ3v) is 4.78. The molecule has 0 atom stereocenters. The van der Waals surface area contributed by atoms with Gasteiger partial charge in [0, 0.05) is 11.9 Å². The molecule has 140 valence electrons. The Balaban J connectivity index is 1.75. The Kier molecular flexibility index (Phi) is 8.24. The molecule has 0 saturated heterocycles. The molecule has 0 radical (unpaired) electrons. The van der Waals surface area contributed by atoms with Gasteiger partial charge in [-0.3, -0.25) is 9.59 Å². The maximum atomic E-state index is 12.1. The summed E-state index contributed by atoms with van der Waals surface area (Å²) in [5, 5.41) is 7.73. The lowest BCUT2D eigenvalue weighted by molar-refractivity contribution is -0.115. The molecule has 1 aromatic carbocycles. The molecule has 0 aliphatic rings. The van der Waals surface area contributed by atoms with Gasteiger partial charge in [0.05, 0.1) is 6.42 Å². The molecule has 0 aliphatic heterocycles. The van der Waals surface area contributed by atoms with E-state index in [4.69, 9.17) is 0 Å². The number of amides is 2. The van der Waals surface area contributed by atoms with Gasteiger partial charge in [-0.1, -0.05) is 44.2 Å². The normalized spacial score (nSPS) is 10.7. The van der Waals surface area contributed by atoms with Gasteiger partial charge in [-0.25, -0.2) is 4.98 Å². The zero-order valence-corrected chi connectivity index (χ0v) is 16.1. The molecule has 2 aromatic rings. The van der Waals surface area contributed by atoms with E-state index in [1.54, 1.807) is 5.38 Å². The van der Waals surface area contributed by atoms with Gasteiger partial charge >= 0.3 is 0 Å². The highest BCUT2D eigenvalue weighted by molar-refractivity contribution is 7.14. The van der Waals surface area contributed by atoms with Crippen LogP contribution in [0.2, 0.25) is 0 Å². The minimum Gasteiger partial charge on any atom is -0.351 e. The lowest BCUT2D eigenvalue weighted by atomic mass is 10.1. The van der Waals surface area contributed by atoms with E-state index >= 15 is 0 Å². The molecule has 0 bridgehead atoms. The number of rotatable bonds is 10. The van der Waals surface area contributed by atoms with E-state index < -0.39 is 0 Å². The van der Waals surface area contributed by atoms with Crippen molar-refractivity contribution in [3.8, 4) is 0 Å². The van der Waals surface area contributed by atoms with Crippen LogP contribution in [-0.2, 0) is 11.2 Å². The highest BCUT2D eigenvalue weighted by Crippen LogP contribution is 2.15. The summed E-state index contributed by atoms with van der Waals surface area (Å²) in [4.78, 5) is 30.7. The first kappa shape index (κ1) is 20.1. The van der Waals surface area contributed by atoms with Crippen LogP contribution in [0.25, 0.3) is 0 Å². The maximum absolute atomic E-state index is 12.1. The van der Waals surface area contributed by atoms with Crippen molar-refractivity contribution in [3.63, 3.8) is 0 Å². The Morgan fingerprint density at radius 3 is 2.58 bits per heavy atom. The molecule has 26 heavy (non-hydrogen) atoms. The Hall–Kier alpha value is -2.25. The highest BCUT2D eigenvalue weighted by Gasteiger charge is 2.12. The fraction of sp³-hybridized carbons (Fsp3) is 0.421. The summed E-state index contributed by atoms with van der Waals surface area (Å²) in [6.07, 6.45) is 1.19. The number of aromatic nitrogens is 1. The first-order valence-corrected chi connectivity index (χ1v) is 9.80. The van der Waals surface area contributed by atoms with Crippen LogP contribution in [0, 0.1) is 0 Å². The van der Waals surface area contributed by atoms with E-state index in [1.807, 2.05) is 30.3 Å². The molecule has 2 rings (SSSR count). The van der Waals surface area contributed by atoms with Crippen LogP contribution in [-0.4, -0.2) is 47.9 Å². The van der Waals surface area contributed by atoms with Gasteiger partial charge in [-0.15, -0.1) is 11.3 Å². The molecule has 0 unspecified atom stereocenters. The molecule has 7 heteroatoms. The zero-order valence-electron chi connectivity index (χ0n) is 15.3. The minimum absolute atomic E-state index is 0.142. The van der Waals surface area contributed by atoms with Crippen molar-refractivity contribution in [2.24, 2.45) is 0 Å². The highest BCUT2D eigenvalue weighted by atomic mass is 32.1. The summed E-state index contributed by atoms with van der Waals surface area (Å²) in [5.41, 5.74) is 1.28. The van der Waals surface area contributed by atoms with Gasteiger partial charge in [0.1, 0.15) is 5.69 Å². The van der Waals surface area contributed by atoms with E-state index in [9.17, 15) is 9.59 Å². The predicted molar refractivity (Wildman–Crippen MR) is 106 cm³/mol. The average molecular weight is 375 g/mol. The number of thiazole rings is 1. The Morgan fingerprint density at radius 2 is 1.88 bits per heavy atom. The van der Waals surface area contributed by atoms with Crippen LogP contribution < -0.4 is 10.6 Å². The van der Waals surface area contributed by atoms with Crippen molar-refractivity contribution < 1.29 is 9.59 Å². The van der Waals surface area contributed by atoms with Gasteiger partial charge < -0.3 is 15.5 Å². The largest absolute Gasteiger partial charge is 0.351 e. The molecule has 2 amide bonds. The third kappa shape index (κ3) is 6.57. The third-order valence-electron chi connectivity index (χ3n) is 4.02. The average Bonchev–Trinajstić information content (AvgIpc) is 3.11. The van der Waals surface area contributed by atoms with Gasteiger partial charge in [0.2, 0.25) is 5.91 Å². The van der Waals surface area contributed by atoms with E-state index in [1.165, 1.54) is 11.3 Å². The summed E-state index contributed by atoms with van der Waals surface area (Å²) in [5.74, 6) is -0.346. The first-order chi connectivity index (χ1) is 12.6. The molecule has 0 spiro atoms. The standard InChI is InChI=1S/C19H26N4O2S/c1-3-23(4-2)12-8-11-20-18(25)16-14-26-19(21-16)22-17(24)13-15-9-6-5-7-10-15/h5-7,9-10,14H,3-4,8,11-13H2,1-2H3,(H,20,25)(H,21,22,24). The van der Waals surface area contributed by atoms with Crippen LogP contribution in [0.5, 0.6) is 0 Å². The SMILES string of the molecule is CCN(CC)CCCNC(=O)c1csc(NC(=O)Cc2ccccc2)n1. The number of benzene rings is 1. The predicted octanol–water partition coefficient (Wildman–Crippen LogP) is 2.79. The summed E-state index contributed by atoms with van der Waals surface area (Å²) >= 11 is 1.26. The first-order valence-electron chi connectivity index (χ1n) is 8.92. The van der Waals surface area contributed by atoms with E-state index in [2.05, 4.69) is 34.4 Å². The Morgan fingerprint density at radius 1 is 1.15 bits per heavy atom. The van der Waals surface area contributed by atoms with Crippen LogP contribution >= 0.6 is 11.3 Å². The zero-order chi connectivity index (χ0) is 18.8. The number of carbonyl (C=O) groups excluding carboxylic acids is 2. The van der Waals surface area contributed by atoms with Crippen molar-refractivity contribution >= 4 is 28.3 Å². The lowest BCUT2D eigenvalue weighted by Gasteiger charge is -2.17. The second kappa shape index (κ2) is 10.7. The number of carbonyl (C=O) groups is 2. The van der Waals surface area contributed by atoms with Crippen LogP contribution in [0.1, 0.15) is 36.3 Å². The Bertz CT molecular complexity index is 699.